The fraction of sp³-hybridized carbons (Fsp3) is 0.118. The van der Waals surface area contributed by atoms with Gasteiger partial charge in [0, 0.05) is 15.5 Å². The van der Waals surface area contributed by atoms with Gasteiger partial charge in [0.2, 0.25) is 11.8 Å². The second-order valence-electron chi connectivity index (χ2n) is 5.25. The molecular weight excluding hydrogens is 358 g/mol. The molecule has 128 valence electrons. The number of hydrogen-bond acceptors (Lipinski definition) is 5. The molecule has 3 rings (SSSR count). The van der Waals surface area contributed by atoms with Gasteiger partial charge in [0.15, 0.2) is 0 Å². The first kappa shape index (κ1) is 17.4. The molecule has 8 heteroatoms. The second kappa shape index (κ2) is 7.62. The van der Waals surface area contributed by atoms with Crippen molar-refractivity contribution in [3.05, 3.63) is 48.0 Å². The average molecular weight is 373 g/mol. The van der Waals surface area contributed by atoms with Crippen LogP contribution in [0.1, 0.15) is 10.4 Å². The van der Waals surface area contributed by atoms with Crippen molar-refractivity contribution in [3.8, 4) is 0 Å². The van der Waals surface area contributed by atoms with Crippen LogP contribution >= 0.6 is 23.5 Å². The Balaban J connectivity index is 1.78. The van der Waals surface area contributed by atoms with Gasteiger partial charge in [-0.2, -0.15) is 0 Å². The van der Waals surface area contributed by atoms with Crippen molar-refractivity contribution in [3.63, 3.8) is 0 Å². The molecule has 0 saturated carbocycles. The molecule has 0 unspecified atom stereocenters. The Morgan fingerprint density at radius 2 is 2.04 bits per heavy atom. The van der Waals surface area contributed by atoms with Crippen LogP contribution in [-0.2, 0) is 9.59 Å². The van der Waals surface area contributed by atoms with E-state index in [0.29, 0.717) is 27.6 Å². The van der Waals surface area contributed by atoms with E-state index in [9.17, 15) is 14.4 Å². The first-order valence-electron chi connectivity index (χ1n) is 7.41. The number of hydrogen-bond donors (Lipinski definition) is 3. The van der Waals surface area contributed by atoms with E-state index in [1.54, 1.807) is 36.4 Å². The maximum Gasteiger partial charge on any atom is 0.256 e. The summed E-state index contributed by atoms with van der Waals surface area (Å²) in [5.74, 6) is -0.296. The number of primary amides is 1. The first-order valence-corrected chi connectivity index (χ1v) is 9.38. The van der Waals surface area contributed by atoms with Crippen LogP contribution in [0.5, 0.6) is 0 Å². The number of nitrogens with one attached hydrogen (secondary N) is 2. The fourth-order valence-corrected chi connectivity index (χ4v) is 3.87. The monoisotopic (exact) mass is 373 g/mol. The molecule has 0 atom stereocenters. The third-order valence-electron chi connectivity index (χ3n) is 3.37. The number of fused-ring (bicyclic) bond motifs is 1. The van der Waals surface area contributed by atoms with Crippen LogP contribution in [-0.4, -0.2) is 29.2 Å². The zero-order valence-electron chi connectivity index (χ0n) is 13.1. The standard InChI is InChI=1S/C17H15N3O3S2/c18-15(21)8-24-13-4-2-1-3-11(13)17(23)19-10-5-6-14-12(7-10)20-16(22)9-25-14/h1-7H,8-9H2,(H2,18,21)(H,19,23)(H,20,22). The lowest BCUT2D eigenvalue weighted by Gasteiger charge is -2.17. The summed E-state index contributed by atoms with van der Waals surface area (Å²) in [5.41, 5.74) is 6.91. The minimum absolute atomic E-state index is 0.0610. The van der Waals surface area contributed by atoms with E-state index in [1.165, 1.54) is 23.5 Å². The van der Waals surface area contributed by atoms with E-state index < -0.39 is 5.91 Å². The van der Waals surface area contributed by atoms with Gasteiger partial charge in [0.1, 0.15) is 0 Å². The van der Waals surface area contributed by atoms with Gasteiger partial charge < -0.3 is 16.4 Å². The quantitative estimate of drug-likeness (QED) is 0.699. The van der Waals surface area contributed by atoms with Gasteiger partial charge in [0.05, 0.1) is 22.8 Å². The molecule has 0 saturated heterocycles. The third kappa shape index (κ3) is 4.34. The number of nitrogens with two attached hydrogens (primary N) is 1. The highest BCUT2D eigenvalue weighted by Crippen LogP contribution is 2.33. The van der Waals surface area contributed by atoms with Crippen molar-refractivity contribution in [2.45, 2.75) is 9.79 Å². The molecule has 0 radical (unpaired) electrons. The zero-order valence-corrected chi connectivity index (χ0v) is 14.7. The van der Waals surface area contributed by atoms with Crippen LogP contribution < -0.4 is 16.4 Å². The van der Waals surface area contributed by atoms with Crippen molar-refractivity contribution in [1.29, 1.82) is 0 Å². The number of benzene rings is 2. The van der Waals surface area contributed by atoms with Crippen molar-refractivity contribution >= 4 is 52.6 Å². The summed E-state index contributed by atoms with van der Waals surface area (Å²) < 4.78 is 0. The SMILES string of the molecule is NC(=O)CSc1ccccc1C(=O)Nc1ccc2c(c1)NC(=O)CS2. The summed E-state index contributed by atoms with van der Waals surface area (Å²) in [6, 6.07) is 12.4. The summed E-state index contributed by atoms with van der Waals surface area (Å²) in [7, 11) is 0. The number of rotatable bonds is 5. The zero-order chi connectivity index (χ0) is 17.8. The largest absolute Gasteiger partial charge is 0.369 e. The van der Waals surface area contributed by atoms with Crippen LogP contribution in [0, 0.1) is 0 Å². The summed E-state index contributed by atoms with van der Waals surface area (Å²) in [6.45, 7) is 0. The minimum atomic E-state index is -0.442. The molecule has 1 heterocycles. The summed E-state index contributed by atoms with van der Waals surface area (Å²) in [5, 5.41) is 5.61. The van der Waals surface area contributed by atoms with Crippen molar-refractivity contribution in [2.75, 3.05) is 22.1 Å². The van der Waals surface area contributed by atoms with E-state index in [1.807, 2.05) is 6.07 Å². The minimum Gasteiger partial charge on any atom is -0.369 e. The predicted octanol–water partition coefficient (Wildman–Crippen LogP) is 2.56. The molecule has 4 N–H and O–H groups in total. The second-order valence-corrected chi connectivity index (χ2v) is 7.29. The summed E-state index contributed by atoms with van der Waals surface area (Å²) >= 11 is 2.68. The van der Waals surface area contributed by atoms with Gasteiger partial charge in [-0.15, -0.1) is 23.5 Å². The molecule has 2 aromatic carbocycles. The Bertz CT molecular complexity index is 855. The van der Waals surface area contributed by atoms with Crippen molar-refractivity contribution in [1.82, 2.24) is 0 Å². The molecule has 0 bridgehead atoms. The molecule has 0 spiro atoms. The van der Waals surface area contributed by atoms with Crippen LogP contribution in [0.15, 0.2) is 52.3 Å². The number of thioether (sulfide) groups is 2. The van der Waals surface area contributed by atoms with Crippen LogP contribution in [0.2, 0.25) is 0 Å². The smallest absolute Gasteiger partial charge is 0.256 e. The molecule has 0 aromatic heterocycles. The Kier molecular flexibility index (Phi) is 5.30. The highest BCUT2D eigenvalue weighted by atomic mass is 32.2. The van der Waals surface area contributed by atoms with E-state index >= 15 is 0 Å². The molecule has 6 nitrogen and oxygen atoms in total. The van der Waals surface area contributed by atoms with E-state index in [2.05, 4.69) is 10.6 Å². The Hall–Kier alpha value is -2.45. The van der Waals surface area contributed by atoms with Crippen molar-refractivity contribution < 1.29 is 14.4 Å². The lowest BCUT2D eigenvalue weighted by molar-refractivity contribution is -0.115. The summed E-state index contributed by atoms with van der Waals surface area (Å²) in [4.78, 5) is 36.7. The molecule has 2 aromatic rings. The topological polar surface area (TPSA) is 101 Å². The van der Waals surface area contributed by atoms with E-state index in [0.717, 1.165) is 4.90 Å². The maximum absolute atomic E-state index is 12.6. The van der Waals surface area contributed by atoms with E-state index in [4.69, 9.17) is 5.73 Å². The number of anilines is 2. The van der Waals surface area contributed by atoms with Gasteiger partial charge in [-0.25, -0.2) is 0 Å². The van der Waals surface area contributed by atoms with Gasteiger partial charge in [-0.3, -0.25) is 14.4 Å². The molecule has 0 fully saturated rings. The van der Waals surface area contributed by atoms with Crippen LogP contribution in [0.3, 0.4) is 0 Å². The molecule has 1 aliphatic rings. The highest BCUT2D eigenvalue weighted by molar-refractivity contribution is 8.00. The maximum atomic E-state index is 12.6. The Morgan fingerprint density at radius 3 is 2.84 bits per heavy atom. The third-order valence-corrected chi connectivity index (χ3v) is 5.54. The Morgan fingerprint density at radius 1 is 1.24 bits per heavy atom. The van der Waals surface area contributed by atoms with Crippen molar-refractivity contribution in [2.24, 2.45) is 5.73 Å². The number of carbonyl (C=O) groups is 3. The van der Waals surface area contributed by atoms with Crippen LogP contribution in [0.4, 0.5) is 11.4 Å². The molecular formula is C17H15N3O3S2. The normalized spacial score (nSPS) is 12.9. The van der Waals surface area contributed by atoms with Gasteiger partial charge in [-0.1, -0.05) is 12.1 Å². The molecule has 1 aliphatic heterocycles. The average Bonchev–Trinajstić information content (AvgIpc) is 2.59. The molecule has 25 heavy (non-hydrogen) atoms. The van der Waals surface area contributed by atoms with Gasteiger partial charge in [0.25, 0.3) is 5.91 Å². The van der Waals surface area contributed by atoms with Gasteiger partial charge >= 0.3 is 0 Å². The molecule has 3 amide bonds. The number of amides is 3. The fourth-order valence-electron chi connectivity index (χ4n) is 2.29. The lowest BCUT2D eigenvalue weighted by Crippen LogP contribution is -2.19. The predicted molar refractivity (Wildman–Crippen MR) is 100 cm³/mol. The van der Waals surface area contributed by atoms with E-state index in [-0.39, 0.29) is 17.6 Å². The molecule has 0 aliphatic carbocycles. The highest BCUT2D eigenvalue weighted by Gasteiger charge is 2.17. The Labute approximate surface area is 152 Å². The summed E-state index contributed by atoms with van der Waals surface area (Å²) in [6.07, 6.45) is 0. The number of carbonyl (C=O) groups excluding carboxylic acids is 3. The lowest BCUT2D eigenvalue weighted by atomic mass is 10.2. The first-order chi connectivity index (χ1) is 12.0. The van der Waals surface area contributed by atoms with Crippen LogP contribution in [0.25, 0.3) is 0 Å². The van der Waals surface area contributed by atoms with Gasteiger partial charge in [-0.05, 0) is 30.3 Å².